The van der Waals surface area contributed by atoms with Crippen LogP contribution in [0.4, 0.5) is 13.2 Å². The second-order valence-corrected chi connectivity index (χ2v) is 6.49. The van der Waals surface area contributed by atoms with Crippen molar-refractivity contribution in [3.05, 3.63) is 90.0 Å². The Kier molecular flexibility index (Phi) is 6.61. The second-order valence-electron chi connectivity index (χ2n) is 6.49. The highest BCUT2D eigenvalue weighted by Crippen LogP contribution is 2.31. The van der Waals surface area contributed by atoms with Crippen molar-refractivity contribution < 1.29 is 32.2 Å². The molecule has 0 radical (unpaired) electrons. The maximum atomic E-state index is 12.6. The minimum atomic E-state index is -4.39. The van der Waals surface area contributed by atoms with Crippen LogP contribution in [0.5, 0.6) is 17.2 Å². The van der Waals surface area contributed by atoms with Crippen LogP contribution in [0, 0.1) is 0 Å². The van der Waals surface area contributed by atoms with Crippen LogP contribution in [-0.4, -0.2) is 18.7 Å². The van der Waals surface area contributed by atoms with Gasteiger partial charge in [-0.25, -0.2) is 4.79 Å². The molecule has 156 valence electrons. The summed E-state index contributed by atoms with van der Waals surface area (Å²) < 4.78 is 54.3. The van der Waals surface area contributed by atoms with E-state index >= 15 is 0 Å². The summed E-state index contributed by atoms with van der Waals surface area (Å²) in [5.74, 6) is 0.854. The first-order chi connectivity index (χ1) is 14.3. The largest absolute Gasteiger partial charge is 0.487 e. The minimum Gasteiger partial charge on any atom is -0.487 e. The van der Waals surface area contributed by atoms with Crippen molar-refractivity contribution in [3.63, 3.8) is 0 Å². The van der Waals surface area contributed by atoms with Crippen LogP contribution in [0.3, 0.4) is 0 Å². The van der Waals surface area contributed by atoms with Gasteiger partial charge in [-0.3, -0.25) is 0 Å². The molecule has 0 aliphatic carbocycles. The standard InChI is InChI=1S/C23H19F3O4/c1-16(15-28-22(27)17-5-3-2-4-6-17)29-19-11-13-21(14-12-19)30-20-9-7-18(8-10-20)23(24,25)26/h2-14,16H,15H2,1H3. The van der Waals surface area contributed by atoms with Gasteiger partial charge in [0.05, 0.1) is 11.1 Å². The van der Waals surface area contributed by atoms with Gasteiger partial charge in [-0.2, -0.15) is 13.2 Å². The molecule has 0 saturated heterocycles. The Morgan fingerprint density at radius 3 is 1.93 bits per heavy atom. The summed E-state index contributed by atoms with van der Waals surface area (Å²) >= 11 is 0. The van der Waals surface area contributed by atoms with E-state index in [4.69, 9.17) is 14.2 Å². The van der Waals surface area contributed by atoms with Gasteiger partial charge >= 0.3 is 12.1 Å². The summed E-state index contributed by atoms with van der Waals surface area (Å²) in [6.45, 7) is 1.85. The number of halogens is 3. The van der Waals surface area contributed by atoms with Crippen molar-refractivity contribution >= 4 is 5.97 Å². The molecule has 0 N–H and O–H groups in total. The van der Waals surface area contributed by atoms with Gasteiger partial charge < -0.3 is 14.2 Å². The van der Waals surface area contributed by atoms with Crippen molar-refractivity contribution in [2.45, 2.75) is 19.2 Å². The fraction of sp³-hybridized carbons (Fsp3) is 0.174. The van der Waals surface area contributed by atoms with Gasteiger partial charge in [0, 0.05) is 0 Å². The fourth-order valence-electron chi connectivity index (χ4n) is 2.55. The number of hydrogen-bond acceptors (Lipinski definition) is 4. The van der Waals surface area contributed by atoms with Gasteiger partial charge in [0.2, 0.25) is 0 Å². The zero-order valence-electron chi connectivity index (χ0n) is 16.1. The molecule has 0 amide bonds. The molecule has 3 aromatic carbocycles. The lowest BCUT2D eigenvalue weighted by Gasteiger charge is -2.15. The number of benzene rings is 3. The zero-order chi connectivity index (χ0) is 21.6. The Balaban J connectivity index is 1.49. The quantitative estimate of drug-likeness (QED) is 0.435. The van der Waals surface area contributed by atoms with Crippen LogP contribution in [-0.2, 0) is 10.9 Å². The van der Waals surface area contributed by atoms with E-state index in [2.05, 4.69) is 0 Å². The Morgan fingerprint density at radius 1 is 0.833 bits per heavy atom. The number of ether oxygens (including phenoxy) is 3. The Hall–Kier alpha value is -3.48. The van der Waals surface area contributed by atoms with E-state index in [0.717, 1.165) is 12.1 Å². The molecule has 0 spiro atoms. The lowest BCUT2D eigenvalue weighted by Crippen LogP contribution is -2.21. The van der Waals surface area contributed by atoms with Crippen molar-refractivity contribution in [2.24, 2.45) is 0 Å². The Labute approximate surface area is 171 Å². The summed E-state index contributed by atoms with van der Waals surface area (Å²) in [6, 6.07) is 19.7. The molecule has 0 fully saturated rings. The Morgan fingerprint density at radius 2 is 1.37 bits per heavy atom. The monoisotopic (exact) mass is 416 g/mol. The van der Waals surface area contributed by atoms with Gasteiger partial charge in [-0.15, -0.1) is 0 Å². The van der Waals surface area contributed by atoms with Crippen molar-refractivity contribution in [2.75, 3.05) is 6.61 Å². The average Bonchev–Trinajstić information content (AvgIpc) is 2.74. The third kappa shape index (κ3) is 6.01. The average molecular weight is 416 g/mol. The molecule has 3 rings (SSSR count). The SMILES string of the molecule is CC(COC(=O)c1ccccc1)Oc1ccc(Oc2ccc(C(F)(F)F)cc2)cc1. The first-order valence-corrected chi connectivity index (χ1v) is 9.15. The summed E-state index contributed by atoms with van der Waals surface area (Å²) in [7, 11) is 0. The van der Waals surface area contributed by atoms with Crippen molar-refractivity contribution in [1.82, 2.24) is 0 Å². The number of alkyl halides is 3. The molecule has 7 heteroatoms. The van der Waals surface area contributed by atoms with Crippen LogP contribution >= 0.6 is 0 Å². The van der Waals surface area contributed by atoms with Crippen LogP contribution in [0.1, 0.15) is 22.8 Å². The van der Waals surface area contributed by atoms with Gasteiger partial charge in [-0.1, -0.05) is 18.2 Å². The molecular formula is C23H19F3O4. The molecule has 4 nitrogen and oxygen atoms in total. The lowest BCUT2D eigenvalue weighted by atomic mass is 10.2. The molecule has 3 aromatic rings. The van der Waals surface area contributed by atoms with E-state index in [1.54, 1.807) is 55.5 Å². The third-order valence-electron chi connectivity index (χ3n) is 4.04. The maximum Gasteiger partial charge on any atom is 0.416 e. The smallest absolute Gasteiger partial charge is 0.416 e. The molecule has 0 aromatic heterocycles. The molecule has 0 saturated carbocycles. The first-order valence-electron chi connectivity index (χ1n) is 9.15. The molecule has 0 aliphatic rings. The van der Waals surface area contributed by atoms with Crippen LogP contribution in [0.2, 0.25) is 0 Å². The highest BCUT2D eigenvalue weighted by atomic mass is 19.4. The summed E-state index contributed by atoms with van der Waals surface area (Å²) in [5, 5.41) is 0. The van der Waals surface area contributed by atoms with Gasteiger partial charge in [-0.05, 0) is 67.6 Å². The number of carbonyl (C=O) groups is 1. The van der Waals surface area contributed by atoms with Gasteiger partial charge in [0.1, 0.15) is 30.0 Å². The van der Waals surface area contributed by atoms with E-state index < -0.39 is 17.7 Å². The number of rotatable bonds is 7. The van der Waals surface area contributed by atoms with Gasteiger partial charge in [0.25, 0.3) is 0 Å². The molecular weight excluding hydrogens is 397 g/mol. The van der Waals surface area contributed by atoms with E-state index in [-0.39, 0.29) is 18.5 Å². The maximum absolute atomic E-state index is 12.6. The second kappa shape index (κ2) is 9.35. The molecule has 0 heterocycles. The lowest BCUT2D eigenvalue weighted by molar-refractivity contribution is -0.137. The topological polar surface area (TPSA) is 44.8 Å². The third-order valence-corrected chi connectivity index (χ3v) is 4.04. The zero-order valence-corrected chi connectivity index (χ0v) is 16.1. The number of hydrogen-bond donors (Lipinski definition) is 0. The molecule has 0 bridgehead atoms. The van der Waals surface area contributed by atoms with Gasteiger partial charge in [0.15, 0.2) is 0 Å². The van der Waals surface area contributed by atoms with E-state index in [0.29, 0.717) is 17.1 Å². The normalized spacial score (nSPS) is 12.1. The number of esters is 1. The fourth-order valence-corrected chi connectivity index (χ4v) is 2.55. The van der Waals surface area contributed by atoms with E-state index in [1.807, 2.05) is 6.07 Å². The summed E-state index contributed by atoms with van der Waals surface area (Å²) in [6.07, 6.45) is -4.76. The van der Waals surface area contributed by atoms with E-state index in [9.17, 15) is 18.0 Å². The summed E-state index contributed by atoms with van der Waals surface area (Å²) in [4.78, 5) is 11.9. The highest BCUT2D eigenvalue weighted by Gasteiger charge is 2.30. The number of carbonyl (C=O) groups excluding carboxylic acids is 1. The predicted molar refractivity (Wildman–Crippen MR) is 105 cm³/mol. The highest BCUT2D eigenvalue weighted by molar-refractivity contribution is 5.89. The summed E-state index contributed by atoms with van der Waals surface area (Å²) in [5.41, 5.74) is -0.269. The molecule has 1 atom stereocenters. The van der Waals surface area contributed by atoms with Crippen molar-refractivity contribution in [1.29, 1.82) is 0 Å². The van der Waals surface area contributed by atoms with Crippen LogP contribution < -0.4 is 9.47 Å². The van der Waals surface area contributed by atoms with Crippen molar-refractivity contribution in [3.8, 4) is 17.2 Å². The predicted octanol–water partition coefficient (Wildman–Crippen LogP) is 6.12. The van der Waals surface area contributed by atoms with E-state index in [1.165, 1.54) is 12.1 Å². The first kappa shape index (κ1) is 21.2. The Bertz CT molecular complexity index is 952. The van der Waals surface area contributed by atoms with Crippen LogP contribution in [0.25, 0.3) is 0 Å². The molecule has 0 aliphatic heterocycles. The van der Waals surface area contributed by atoms with Crippen LogP contribution in [0.15, 0.2) is 78.9 Å². The molecule has 1 unspecified atom stereocenters. The minimum absolute atomic E-state index is 0.0809. The molecule has 30 heavy (non-hydrogen) atoms.